The van der Waals surface area contributed by atoms with E-state index in [-0.39, 0.29) is 5.56 Å². The second-order valence-corrected chi connectivity index (χ2v) is 5.85. The van der Waals surface area contributed by atoms with Crippen LogP contribution in [0.5, 0.6) is 0 Å². The smallest absolute Gasteiger partial charge is 0.258 e. The maximum absolute atomic E-state index is 12.7. The van der Waals surface area contributed by atoms with Gasteiger partial charge in [0.25, 0.3) is 5.56 Å². The van der Waals surface area contributed by atoms with Gasteiger partial charge in [-0.1, -0.05) is 36.4 Å². The van der Waals surface area contributed by atoms with Gasteiger partial charge in [-0.25, -0.2) is 0 Å². The predicted molar refractivity (Wildman–Crippen MR) is 89.2 cm³/mol. The summed E-state index contributed by atoms with van der Waals surface area (Å²) in [7, 11) is 0. The topological polar surface area (TPSA) is 37.8 Å². The standard InChI is InChI=1S/C19H14N2O/c22-19-13-6-2-1-5-12(13)11-17-18-15(9-10-21(17)19)14-7-3-4-8-16(14)20-18/h1-8,11,20H,9-10H2. The molecule has 0 amide bonds. The van der Waals surface area contributed by atoms with E-state index >= 15 is 0 Å². The highest BCUT2D eigenvalue weighted by atomic mass is 16.1. The van der Waals surface area contributed by atoms with Crippen molar-refractivity contribution in [3.63, 3.8) is 0 Å². The molecule has 4 aromatic rings. The van der Waals surface area contributed by atoms with Crippen molar-refractivity contribution >= 4 is 21.7 Å². The number of rotatable bonds is 0. The molecule has 0 bridgehead atoms. The van der Waals surface area contributed by atoms with Gasteiger partial charge < -0.3 is 9.55 Å². The Hall–Kier alpha value is -2.81. The summed E-state index contributed by atoms with van der Waals surface area (Å²) < 4.78 is 1.90. The number of aryl methyl sites for hydroxylation is 1. The van der Waals surface area contributed by atoms with Crippen LogP contribution in [0.2, 0.25) is 0 Å². The Labute approximate surface area is 126 Å². The van der Waals surface area contributed by atoms with Crippen molar-refractivity contribution in [1.29, 1.82) is 0 Å². The highest BCUT2D eigenvalue weighted by Crippen LogP contribution is 2.34. The summed E-state index contributed by atoms with van der Waals surface area (Å²) in [6, 6.07) is 18.3. The number of fused-ring (bicyclic) bond motifs is 6. The number of aromatic nitrogens is 2. The lowest BCUT2D eigenvalue weighted by Crippen LogP contribution is -2.25. The number of nitrogens with one attached hydrogen (secondary N) is 1. The molecule has 22 heavy (non-hydrogen) atoms. The first-order chi connectivity index (χ1) is 10.8. The molecule has 0 aliphatic carbocycles. The molecule has 0 saturated heterocycles. The van der Waals surface area contributed by atoms with Crippen LogP contribution in [-0.2, 0) is 13.0 Å². The first-order valence-corrected chi connectivity index (χ1v) is 7.55. The minimum absolute atomic E-state index is 0.109. The Bertz CT molecular complexity index is 1100. The van der Waals surface area contributed by atoms with Gasteiger partial charge in [0.1, 0.15) is 0 Å². The molecule has 0 saturated carbocycles. The molecule has 0 fully saturated rings. The summed E-state index contributed by atoms with van der Waals surface area (Å²) in [5, 5.41) is 3.07. The molecule has 2 aromatic heterocycles. The molecule has 0 atom stereocenters. The number of pyridine rings is 1. The zero-order valence-corrected chi connectivity index (χ0v) is 12.0. The third-order valence-electron chi connectivity index (χ3n) is 4.67. The van der Waals surface area contributed by atoms with Crippen LogP contribution in [0.4, 0.5) is 0 Å². The number of benzene rings is 2. The van der Waals surface area contributed by atoms with Crippen molar-refractivity contribution in [1.82, 2.24) is 9.55 Å². The molecule has 0 radical (unpaired) electrons. The molecule has 3 heterocycles. The van der Waals surface area contributed by atoms with E-state index in [0.29, 0.717) is 0 Å². The fourth-order valence-electron chi connectivity index (χ4n) is 3.63. The number of H-pyrrole nitrogens is 1. The number of hydrogen-bond donors (Lipinski definition) is 1. The largest absolute Gasteiger partial charge is 0.353 e. The molecule has 5 rings (SSSR count). The van der Waals surface area contributed by atoms with Crippen molar-refractivity contribution in [2.45, 2.75) is 13.0 Å². The van der Waals surface area contributed by atoms with Gasteiger partial charge in [0.15, 0.2) is 0 Å². The molecule has 106 valence electrons. The van der Waals surface area contributed by atoms with Gasteiger partial charge in [-0.05, 0) is 35.6 Å². The molecule has 1 aliphatic rings. The summed E-state index contributed by atoms with van der Waals surface area (Å²) in [5.41, 5.74) is 4.67. The van der Waals surface area contributed by atoms with Crippen molar-refractivity contribution < 1.29 is 0 Å². The molecule has 2 aromatic carbocycles. The summed E-state index contributed by atoms with van der Waals surface area (Å²) >= 11 is 0. The molecule has 1 N–H and O–H groups in total. The van der Waals surface area contributed by atoms with Crippen LogP contribution in [-0.4, -0.2) is 9.55 Å². The van der Waals surface area contributed by atoms with E-state index < -0.39 is 0 Å². The number of hydrogen-bond acceptors (Lipinski definition) is 1. The molecule has 3 nitrogen and oxygen atoms in total. The van der Waals surface area contributed by atoms with Gasteiger partial charge in [-0.3, -0.25) is 4.79 Å². The fourth-order valence-corrected chi connectivity index (χ4v) is 3.63. The van der Waals surface area contributed by atoms with Crippen LogP contribution in [0, 0.1) is 0 Å². The second-order valence-electron chi connectivity index (χ2n) is 5.85. The van der Waals surface area contributed by atoms with Crippen LogP contribution in [0.25, 0.3) is 33.1 Å². The summed E-state index contributed by atoms with van der Waals surface area (Å²) in [6.45, 7) is 0.744. The summed E-state index contributed by atoms with van der Waals surface area (Å²) in [4.78, 5) is 16.3. The Balaban J connectivity index is 1.93. The normalized spacial score (nSPS) is 13.3. The van der Waals surface area contributed by atoms with E-state index in [0.717, 1.165) is 40.6 Å². The van der Waals surface area contributed by atoms with E-state index in [1.165, 1.54) is 10.9 Å². The quantitative estimate of drug-likeness (QED) is 0.526. The van der Waals surface area contributed by atoms with Crippen LogP contribution in [0.3, 0.4) is 0 Å². The Morgan fingerprint density at radius 1 is 0.955 bits per heavy atom. The zero-order chi connectivity index (χ0) is 14.7. The first kappa shape index (κ1) is 11.8. The molecular weight excluding hydrogens is 272 g/mol. The van der Waals surface area contributed by atoms with E-state index in [2.05, 4.69) is 29.2 Å². The summed E-state index contributed by atoms with van der Waals surface area (Å²) in [5.74, 6) is 0. The molecule has 3 heteroatoms. The van der Waals surface area contributed by atoms with Gasteiger partial charge >= 0.3 is 0 Å². The molecule has 0 unspecified atom stereocenters. The molecule has 0 spiro atoms. The van der Waals surface area contributed by atoms with Crippen LogP contribution >= 0.6 is 0 Å². The molecular formula is C19H14N2O. The summed E-state index contributed by atoms with van der Waals surface area (Å²) in [6.07, 6.45) is 0.893. The average Bonchev–Trinajstić information content (AvgIpc) is 2.94. The minimum Gasteiger partial charge on any atom is -0.353 e. The van der Waals surface area contributed by atoms with Crippen molar-refractivity contribution in [2.75, 3.05) is 0 Å². The van der Waals surface area contributed by atoms with Crippen LogP contribution in [0.15, 0.2) is 59.4 Å². The maximum Gasteiger partial charge on any atom is 0.258 e. The predicted octanol–water partition coefficient (Wildman–Crippen LogP) is 3.71. The van der Waals surface area contributed by atoms with Gasteiger partial charge in [0, 0.05) is 22.8 Å². The SMILES string of the molecule is O=c1c2ccccc2cc2n1CCc1c-2[nH]c2ccccc12. The number of nitrogens with zero attached hydrogens (tertiary/aromatic N) is 1. The second kappa shape index (κ2) is 4.10. The zero-order valence-electron chi connectivity index (χ0n) is 12.0. The number of para-hydroxylation sites is 1. The lowest BCUT2D eigenvalue weighted by Gasteiger charge is -2.19. The van der Waals surface area contributed by atoms with Gasteiger partial charge in [0.05, 0.1) is 11.4 Å². The van der Waals surface area contributed by atoms with E-state index in [1.807, 2.05) is 34.9 Å². The average molecular weight is 286 g/mol. The third-order valence-corrected chi connectivity index (χ3v) is 4.67. The van der Waals surface area contributed by atoms with Gasteiger partial charge in [-0.2, -0.15) is 0 Å². The maximum atomic E-state index is 12.7. The van der Waals surface area contributed by atoms with Gasteiger partial charge in [0.2, 0.25) is 0 Å². The lowest BCUT2D eigenvalue weighted by atomic mass is 10.00. The van der Waals surface area contributed by atoms with E-state index in [9.17, 15) is 4.79 Å². The monoisotopic (exact) mass is 286 g/mol. The van der Waals surface area contributed by atoms with Crippen LogP contribution < -0.4 is 5.56 Å². The highest BCUT2D eigenvalue weighted by Gasteiger charge is 2.22. The van der Waals surface area contributed by atoms with E-state index in [1.54, 1.807) is 0 Å². The first-order valence-electron chi connectivity index (χ1n) is 7.55. The van der Waals surface area contributed by atoms with Crippen molar-refractivity contribution in [3.8, 4) is 11.4 Å². The van der Waals surface area contributed by atoms with Crippen molar-refractivity contribution in [2.24, 2.45) is 0 Å². The van der Waals surface area contributed by atoms with Crippen molar-refractivity contribution in [3.05, 3.63) is 70.5 Å². The number of aromatic amines is 1. The Morgan fingerprint density at radius 2 is 1.73 bits per heavy atom. The Kier molecular flexibility index (Phi) is 2.20. The lowest BCUT2D eigenvalue weighted by molar-refractivity contribution is 0.665. The van der Waals surface area contributed by atoms with Gasteiger partial charge in [-0.15, -0.1) is 0 Å². The third kappa shape index (κ3) is 1.43. The molecule has 1 aliphatic heterocycles. The van der Waals surface area contributed by atoms with E-state index in [4.69, 9.17) is 0 Å². The fraction of sp³-hybridized carbons (Fsp3) is 0.105. The van der Waals surface area contributed by atoms with Crippen LogP contribution in [0.1, 0.15) is 5.56 Å². The Morgan fingerprint density at radius 3 is 2.64 bits per heavy atom. The minimum atomic E-state index is 0.109. The highest BCUT2D eigenvalue weighted by molar-refractivity contribution is 5.93.